The third-order valence-electron chi connectivity index (χ3n) is 6.06. The lowest BCUT2D eigenvalue weighted by Gasteiger charge is -2.07. The molecule has 0 saturated heterocycles. The summed E-state index contributed by atoms with van der Waals surface area (Å²) in [6, 6.07) is 8.16. The van der Waals surface area contributed by atoms with E-state index in [1.54, 1.807) is 0 Å². The molecule has 0 radical (unpaired) electrons. The molecule has 0 spiro atoms. The highest BCUT2D eigenvalue weighted by molar-refractivity contribution is 5.55. The van der Waals surface area contributed by atoms with Crippen LogP contribution in [0, 0.1) is 0 Å². The van der Waals surface area contributed by atoms with E-state index in [1.807, 2.05) is 24.5 Å². The molecule has 33 heavy (non-hydrogen) atoms. The number of allylic oxidation sites excluding steroid dienone is 2. The molecule has 182 valence electrons. The zero-order valence-electron chi connectivity index (χ0n) is 21.2. The van der Waals surface area contributed by atoms with Gasteiger partial charge in [0.05, 0.1) is 6.61 Å². The van der Waals surface area contributed by atoms with Crippen LogP contribution in [0.15, 0.2) is 48.8 Å². The Kier molecular flexibility index (Phi) is 15.0. The minimum Gasteiger partial charge on any atom is -0.494 e. The van der Waals surface area contributed by atoms with Crippen LogP contribution >= 0.6 is 0 Å². The molecule has 0 bridgehead atoms. The predicted molar refractivity (Wildman–Crippen MR) is 142 cm³/mol. The van der Waals surface area contributed by atoms with E-state index in [9.17, 15) is 0 Å². The fourth-order valence-corrected chi connectivity index (χ4v) is 3.92. The third-order valence-corrected chi connectivity index (χ3v) is 6.06. The van der Waals surface area contributed by atoms with Crippen LogP contribution in [0.4, 0.5) is 0 Å². The van der Waals surface area contributed by atoms with Gasteiger partial charge in [-0.2, -0.15) is 0 Å². The van der Waals surface area contributed by atoms with E-state index in [0.717, 1.165) is 43.0 Å². The molecule has 0 unspecified atom stereocenters. The summed E-state index contributed by atoms with van der Waals surface area (Å²) >= 11 is 0. The van der Waals surface area contributed by atoms with E-state index in [1.165, 1.54) is 82.6 Å². The topological polar surface area (TPSA) is 35.0 Å². The average molecular weight is 451 g/mol. The zero-order chi connectivity index (χ0) is 23.4. The fourth-order valence-electron chi connectivity index (χ4n) is 3.92. The molecule has 1 aromatic carbocycles. The summed E-state index contributed by atoms with van der Waals surface area (Å²) in [4.78, 5) is 9.16. The van der Waals surface area contributed by atoms with E-state index in [2.05, 4.69) is 48.1 Å². The smallest absolute Gasteiger partial charge is 0.159 e. The molecule has 1 heterocycles. The molecule has 3 nitrogen and oxygen atoms in total. The molecule has 0 fully saturated rings. The van der Waals surface area contributed by atoms with Crippen LogP contribution < -0.4 is 4.74 Å². The second kappa shape index (κ2) is 18.3. The van der Waals surface area contributed by atoms with Crippen molar-refractivity contribution < 1.29 is 4.74 Å². The Balaban J connectivity index is 1.60. The maximum absolute atomic E-state index is 5.90. The van der Waals surface area contributed by atoms with Gasteiger partial charge in [-0.15, -0.1) is 0 Å². The van der Waals surface area contributed by atoms with Crippen LogP contribution in [0.5, 0.6) is 5.75 Å². The molecule has 2 rings (SSSR count). The molecule has 2 aromatic rings. The van der Waals surface area contributed by atoms with Gasteiger partial charge in [-0.3, -0.25) is 0 Å². The van der Waals surface area contributed by atoms with Crippen molar-refractivity contribution >= 4 is 0 Å². The summed E-state index contributed by atoms with van der Waals surface area (Å²) in [5.41, 5.74) is 2.28. The van der Waals surface area contributed by atoms with Crippen molar-refractivity contribution in [3.63, 3.8) is 0 Å². The van der Waals surface area contributed by atoms with E-state index in [4.69, 9.17) is 4.74 Å². The third kappa shape index (κ3) is 12.6. The first-order chi connectivity index (χ1) is 16.3. The van der Waals surface area contributed by atoms with Gasteiger partial charge in [0.1, 0.15) is 5.75 Å². The largest absolute Gasteiger partial charge is 0.494 e. The van der Waals surface area contributed by atoms with Crippen LogP contribution in [-0.2, 0) is 6.42 Å². The summed E-state index contributed by atoms with van der Waals surface area (Å²) < 4.78 is 5.90. The van der Waals surface area contributed by atoms with Crippen molar-refractivity contribution in [2.24, 2.45) is 0 Å². The van der Waals surface area contributed by atoms with Crippen molar-refractivity contribution in [2.75, 3.05) is 6.61 Å². The van der Waals surface area contributed by atoms with Crippen LogP contribution in [0.2, 0.25) is 0 Å². The summed E-state index contributed by atoms with van der Waals surface area (Å²) in [5, 5.41) is 0. The number of aryl methyl sites for hydroxylation is 1. The summed E-state index contributed by atoms with van der Waals surface area (Å²) in [6.45, 7) is 5.29. The number of nitrogens with zero attached hydrogens (tertiary/aromatic N) is 2. The normalized spacial score (nSPS) is 11.3. The molecule has 0 aliphatic heterocycles. The van der Waals surface area contributed by atoms with Crippen molar-refractivity contribution in [1.82, 2.24) is 9.97 Å². The van der Waals surface area contributed by atoms with Crippen molar-refractivity contribution in [3.8, 4) is 17.1 Å². The number of ether oxygens (including phenoxy) is 1. The highest BCUT2D eigenvalue weighted by atomic mass is 16.5. The van der Waals surface area contributed by atoms with E-state index >= 15 is 0 Å². The monoisotopic (exact) mass is 450 g/mol. The molecule has 0 amide bonds. The van der Waals surface area contributed by atoms with Gasteiger partial charge in [0.2, 0.25) is 0 Å². The van der Waals surface area contributed by atoms with Crippen molar-refractivity contribution in [1.29, 1.82) is 0 Å². The number of rotatable bonds is 19. The highest BCUT2D eigenvalue weighted by Gasteiger charge is 2.03. The number of hydrogen-bond acceptors (Lipinski definition) is 3. The highest BCUT2D eigenvalue weighted by Crippen LogP contribution is 2.20. The minimum atomic E-state index is 0.771. The second-order valence-corrected chi connectivity index (χ2v) is 9.12. The Morgan fingerprint density at radius 3 is 1.91 bits per heavy atom. The maximum atomic E-state index is 5.90. The minimum absolute atomic E-state index is 0.771. The van der Waals surface area contributed by atoms with Gasteiger partial charge in [0.25, 0.3) is 0 Å². The second-order valence-electron chi connectivity index (χ2n) is 9.12. The van der Waals surface area contributed by atoms with Gasteiger partial charge >= 0.3 is 0 Å². The average Bonchev–Trinajstić information content (AvgIpc) is 2.85. The Morgan fingerprint density at radius 2 is 1.24 bits per heavy atom. The molecule has 0 atom stereocenters. The number of aromatic nitrogens is 2. The fraction of sp³-hybridized carbons (Fsp3) is 0.600. The van der Waals surface area contributed by atoms with E-state index < -0.39 is 0 Å². The molecule has 0 aliphatic carbocycles. The maximum Gasteiger partial charge on any atom is 0.159 e. The van der Waals surface area contributed by atoms with Gasteiger partial charge < -0.3 is 4.74 Å². The summed E-state index contributed by atoms with van der Waals surface area (Å²) in [7, 11) is 0. The zero-order valence-corrected chi connectivity index (χ0v) is 21.2. The number of unbranched alkanes of at least 4 members (excludes halogenated alkanes) is 11. The molecule has 0 saturated carbocycles. The molecular formula is C30H46N2O. The lowest BCUT2D eigenvalue weighted by atomic mass is 10.1. The Morgan fingerprint density at radius 1 is 0.667 bits per heavy atom. The molecule has 0 aliphatic rings. The van der Waals surface area contributed by atoms with E-state index in [-0.39, 0.29) is 0 Å². The van der Waals surface area contributed by atoms with Crippen LogP contribution in [0.3, 0.4) is 0 Å². The summed E-state index contributed by atoms with van der Waals surface area (Å²) in [6.07, 6.45) is 27.7. The SMILES string of the molecule is CCCCCCC=CCCCCOc1ccc(-c2ncc(CCCCCCCC)cn2)cc1. The van der Waals surface area contributed by atoms with Gasteiger partial charge in [0, 0.05) is 18.0 Å². The van der Waals surface area contributed by atoms with E-state index in [0.29, 0.717) is 0 Å². The Bertz CT molecular complexity index is 737. The molecule has 0 N–H and O–H groups in total. The first kappa shape index (κ1) is 27.1. The van der Waals surface area contributed by atoms with Crippen LogP contribution in [-0.4, -0.2) is 16.6 Å². The standard InChI is InChI=1S/C30H46N2O/c1-3-5-7-9-11-12-13-14-16-18-24-33-29-22-20-28(21-23-29)30-31-25-27(26-32-30)19-17-15-10-8-6-4-2/h12-13,20-23,25-26H,3-11,14-19,24H2,1-2H3. The lowest BCUT2D eigenvalue weighted by molar-refractivity contribution is 0.307. The Labute approximate surface area is 203 Å². The lowest BCUT2D eigenvalue weighted by Crippen LogP contribution is -1.97. The molecule has 1 aromatic heterocycles. The summed E-state index contributed by atoms with van der Waals surface area (Å²) in [5.74, 6) is 1.71. The Hall–Kier alpha value is -2.16. The number of benzene rings is 1. The van der Waals surface area contributed by atoms with Gasteiger partial charge in [-0.05, 0) is 74.8 Å². The van der Waals surface area contributed by atoms with Gasteiger partial charge in [-0.1, -0.05) is 77.4 Å². The van der Waals surface area contributed by atoms with Crippen molar-refractivity contribution in [3.05, 3.63) is 54.4 Å². The van der Waals surface area contributed by atoms with Crippen LogP contribution in [0.25, 0.3) is 11.4 Å². The quantitative estimate of drug-likeness (QED) is 0.158. The molecule has 3 heteroatoms. The first-order valence-electron chi connectivity index (χ1n) is 13.5. The van der Waals surface area contributed by atoms with Gasteiger partial charge in [-0.25, -0.2) is 9.97 Å². The number of hydrogen-bond donors (Lipinski definition) is 0. The predicted octanol–water partition coefficient (Wildman–Crippen LogP) is 9.12. The first-order valence-corrected chi connectivity index (χ1v) is 13.5. The van der Waals surface area contributed by atoms with Crippen LogP contribution in [0.1, 0.15) is 109 Å². The molecular weight excluding hydrogens is 404 g/mol. The van der Waals surface area contributed by atoms with Gasteiger partial charge in [0.15, 0.2) is 5.82 Å². The van der Waals surface area contributed by atoms with Crippen molar-refractivity contribution in [2.45, 2.75) is 110 Å².